The third-order valence-corrected chi connectivity index (χ3v) is 3.77. The molecule has 0 atom stereocenters. The quantitative estimate of drug-likeness (QED) is 0.876. The molecule has 0 aliphatic carbocycles. The summed E-state index contributed by atoms with van der Waals surface area (Å²) in [5, 5.41) is 2.69. The fourth-order valence-corrected chi connectivity index (χ4v) is 2.31. The molecule has 0 spiro atoms. The zero-order valence-electron chi connectivity index (χ0n) is 11.6. The summed E-state index contributed by atoms with van der Waals surface area (Å²) in [7, 11) is 0. The number of hydrogen-bond donors (Lipinski definition) is 1. The summed E-state index contributed by atoms with van der Waals surface area (Å²) in [6, 6.07) is 7.55. The monoisotopic (exact) mass is 353 g/mol. The van der Waals surface area contributed by atoms with Crippen LogP contribution in [0.1, 0.15) is 27.0 Å². The smallest absolute Gasteiger partial charge is 0.251 e. The first-order chi connectivity index (χ1) is 9.88. The van der Waals surface area contributed by atoms with Gasteiger partial charge in [0.2, 0.25) is 0 Å². The van der Waals surface area contributed by atoms with Gasteiger partial charge in [-0.05, 0) is 64.7 Å². The molecule has 0 saturated heterocycles. The Labute approximate surface area is 130 Å². The molecule has 2 aromatic rings. The first-order valence-electron chi connectivity index (χ1n) is 6.37. The number of amides is 1. The third kappa shape index (κ3) is 3.67. The fraction of sp³-hybridized carbons (Fsp3) is 0.188. The topological polar surface area (TPSA) is 29.1 Å². The normalized spacial score (nSPS) is 10.5. The van der Waals surface area contributed by atoms with E-state index in [-0.39, 0.29) is 23.8 Å². The highest BCUT2D eigenvalue weighted by atomic mass is 79.9. The van der Waals surface area contributed by atoms with Crippen LogP contribution < -0.4 is 5.32 Å². The van der Waals surface area contributed by atoms with E-state index in [9.17, 15) is 13.6 Å². The molecule has 5 heteroatoms. The Morgan fingerprint density at radius 1 is 1.14 bits per heavy atom. The van der Waals surface area contributed by atoms with E-state index in [1.807, 2.05) is 0 Å². The van der Waals surface area contributed by atoms with Gasteiger partial charge in [-0.15, -0.1) is 0 Å². The van der Waals surface area contributed by atoms with E-state index in [0.29, 0.717) is 15.6 Å². The summed E-state index contributed by atoms with van der Waals surface area (Å²) in [6.07, 6.45) is 0. The molecular weight excluding hydrogens is 340 g/mol. The molecule has 2 nitrogen and oxygen atoms in total. The molecular formula is C16H14BrF2NO. The molecule has 1 amide bonds. The van der Waals surface area contributed by atoms with Crippen molar-refractivity contribution >= 4 is 21.8 Å². The summed E-state index contributed by atoms with van der Waals surface area (Å²) in [5.41, 5.74) is 2.12. The lowest BCUT2D eigenvalue weighted by atomic mass is 10.1. The Bertz CT molecular complexity index is 678. The van der Waals surface area contributed by atoms with Gasteiger partial charge in [0.15, 0.2) is 0 Å². The first kappa shape index (κ1) is 15.6. The zero-order chi connectivity index (χ0) is 15.6. The van der Waals surface area contributed by atoms with Gasteiger partial charge in [0, 0.05) is 12.1 Å². The van der Waals surface area contributed by atoms with Gasteiger partial charge in [0.1, 0.15) is 11.6 Å². The van der Waals surface area contributed by atoms with E-state index in [0.717, 1.165) is 5.56 Å². The van der Waals surface area contributed by atoms with Crippen molar-refractivity contribution in [1.29, 1.82) is 0 Å². The summed E-state index contributed by atoms with van der Waals surface area (Å²) in [6.45, 7) is 3.62. The minimum absolute atomic E-state index is 0.236. The summed E-state index contributed by atoms with van der Waals surface area (Å²) in [4.78, 5) is 12.0. The molecule has 0 heterocycles. The van der Waals surface area contributed by atoms with Gasteiger partial charge in [0.05, 0.1) is 4.47 Å². The van der Waals surface area contributed by atoms with Crippen LogP contribution in [0.5, 0.6) is 0 Å². The van der Waals surface area contributed by atoms with Crippen LogP contribution in [0.15, 0.2) is 34.8 Å². The van der Waals surface area contributed by atoms with Crippen molar-refractivity contribution in [3.05, 3.63) is 68.7 Å². The van der Waals surface area contributed by atoms with Gasteiger partial charge in [-0.2, -0.15) is 0 Å². The Balaban J connectivity index is 2.09. The minimum atomic E-state index is -0.490. The van der Waals surface area contributed by atoms with Crippen molar-refractivity contribution in [1.82, 2.24) is 5.32 Å². The van der Waals surface area contributed by atoms with Crippen LogP contribution in [-0.2, 0) is 6.54 Å². The van der Waals surface area contributed by atoms with Gasteiger partial charge >= 0.3 is 0 Å². The van der Waals surface area contributed by atoms with Crippen LogP contribution in [0.2, 0.25) is 0 Å². The highest BCUT2D eigenvalue weighted by Crippen LogP contribution is 2.17. The summed E-state index contributed by atoms with van der Waals surface area (Å²) < 4.78 is 27.2. The Hall–Kier alpha value is -1.75. The SMILES string of the molecule is Cc1cc(CNC(=O)c2ccc(Br)c(F)c2)cc(C)c1F. The van der Waals surface area contributed by atoms with E-state index >= 15 is 0 Å². The second-order valence-electron chi connectivity index (χ2n) is 4.86. The average Bonchev–Trinajstić information content (AvgIpc) is 2.44. The third-order valence-electron chi connectivity index (χ3n) is 3.13. The van der Waals surface area contributed by atoms with Crippen molar-refractivity contribution in [2.75, 3.05) is 0 Å². The van der Waals surface area contributed by atoms with Crippen molar-refractivity contribution in [2.24, 2.45) is 0 Å². The Morgan fingerprint density at radius 3 is 2.33 bits per heavy atom. The van der Waals surface area contributed by atoms with Crippen molar-refractivity contribution < 1.29 is 13.6 Å². The van der Waals surface area contributed by atoms with Crippen LogP contribution in [0, 0.1) is 25.5 Å². The Kier molecular flexibility index (Phi) is 4.73. The van der Waals surface area contributed by atoms with Crippen LogP contribution in [0.3, 0.4) is 0 Å². The largest absolute Gasteiger partial charge is 0.348 e. The lowest BCUT2D eigenvalue weighted by Gasteiger charge is -2.09. The van der Waals surface area contributed by atoms with Gasteiger partial charge in [-0.25, -0.2) is 8.78 Å². The average molecular weight is 354 g/mol. The second-order valence-corrected chi connectivity index (χ2v) is 5.71. The van der Waals surface area contributed by atoms with Crippen LogP contribution in [0.4, 0.5) is 8.78 Å². The van der Waals surface area contributed by atoms with Gasteiger partial charge in [-0.3, -0.25) is 4.79 Å². The first-order valence-corrected chi connectivity index (χ1v) is 7.16. The number of nitrogens with one attached hydrogen (secondary N) is 1. The van der Waals surface area contributed by atoms with Crippen LogP contribution in [0.25, 0.3) is 0 Å². The lowest BCUT2D eigenvalue weighted by Crippen LogP contribution is -2.23. The number of hydrogen-bond acceptors (Lipinski definition) is 1. The Morgan fingerprint density at radius 2 is 1.76 bits per heavy atom. The van der Waals surface area contributed by atoms with E-state index in [4.69, 9.17) is 0 Å². The number of halogens is 3. The maximum absolute atomic E-state index is 13.5. The molecule has 2 aromatic carbocycles. The van der Waals surface area contributed by atoms with E-state index in [2.05, 4.69) is 21.2 Å². The molecule has 110 valence electrons. The molecule has 2 rings (SSSR count). The molecule has 0 radical (unpaired) electrons. The molecule has 21 heavy (non-hydrogen) atoms. The van der Waals surface area contributed by atoms with Crippen molar-refractivity contribution in [3.8, 4) is 0 Å². The minimum Gasteiger partial charge on any atom is -0.348 e. The summed E-state index contributed by atoms with van der Waals surface area (Å²) >= 11 is 3.03. The predicted molar refractivity (Wildman–Crippen MR) is 81.1 cm³/mol. The second kappa shape index (κ2) is 6.35. The molecule has 0 unspecified atom stereocenters. The molecule has 0 fully saturated rings. The molecule has 0 bridgehead atoms. The predicted octanol–water partition coefficient (Wildman–Crippen LogP) is 4.27. The number of rotatable bonds is 3. The van der Waals surface area contributed by atoms with Crippen molar-refractivity contribution in [2.45, 2.75) is 20.4 Å². The number of carbonyl (C=O) groups excluding carboxylic acids is 1. The van der Waals surface area contributed by atoms with Gasteiger partial charge in [-0.1, -0.05) is 12.1 Å². The fourth-order valence-electron chi connectivity index (χ4n) is 2.06. The lowest BCUT2D eigenvalue weighted by molar-refractivity contribution is 0.0950. The number of aryl methyl sites for hydroxylation is 2. The van der Waals surface area contributed by atoms with Gasteiger partial charge in [0.25, 0.3) is 5.91 Å². The summed E-state index contributed by atoms with van der Waals surface area (Å²) in [5.74, 6) is -1.10. The molecule has 0 aromatic heterocycles. The zero-order valence-corrected chi connectivity index (χ0v) is 13.2. The molecule has 0 aliphatic heterocycles. The maximum Gasteiger partial charge on any atom is 0.251 e. The van der Waals surface area contributed by atoms with Crippen LogP contribution >= 0.6 is 15.9 Å². The molecule has 0 aliphatic rings. The van der Waals surface area contributed by atoms with Crippen molar-refractivity contribution in [3.63, 3.8) is 0 Å². The van der Waals surface area contributed by atoms with Gasteiger partial charge < -0.3 is 5.32 Å². The molecule has 1 N–H and O–H groups in total. The number of carbonyl (C=O) groups is 1. The maximum atomic E-state index is 13.5. The standard InChI is InChI=1S/C16H14BrF2NO/c1-9-5-11(6-10(2)15(9)19)8-20-16(21)12-3-4-13(17)14(18)7-12/h3-7H,8H2,1-2H3,(H,20,21). The molecule has 0 saturated carbocycles. The van der Waals surface area contributed by atoms with Crippen LogP contribution in [-0.4, -0.2) is 5.91 Å². The number of benzene rings is 2. The highest BCUT2D eigenvalue weighted by Gasteiger charge is 2.09. The highest BCUT2D eigenvalue weighted by molar-refractivity contribution is 9.10. The van der Waals surface area contributed by atoms with E-state index in [1.54, 1.807) is 26.0 Å². The van der Waals surface area contributed by atoms with E-state index < -0.39 is 5.82 Å². The van der Waals surface area contributed by atoms with E-state index in [1.165, 1.54) is 18.2 Å².